The van der Waals surface area contributed by atoms with Crippen LogP contribution in [-0.4, -0.2) is 16.2 Å². The first-order valence-electron chi connectivity index (χ1n) is 5.46. The molecule has 2 rings (SSSR count). The highest BCUT2D eigenvalue weighted by molar-refractivity contribution is 5.29. The Kier molecular flexibility index (Phi) is 3.72. The largest absolute Gasteiger partial charge is 0.485 e. The maximum Gasteiger partial charge on any atom is 0.213 e. The smallest absolute Gasteiger partial charge is 0.213 e. The molecule has 1 unspecified atom stereocenters. The van der Waals surface area contributed by atoms with Gasteiger partial charge in [0.05, 0.1) is 0 Å². The SMILES string of the molecule is CC(N)Cc1cccc(OCc2ncon2)c1. The molecule has 1 atom stereocenters. The highest BCUT2D eigenvalue weighted by Gasteiger charge is 2.02. The van der Waals surface area contributed by atoms with Gasteiger partial charge in [-0.05, 0) is 31.0 Å². The van der Waals surface area contributed by atoms with Gasteiger partial charge in [0, 0.05) is 6.04 Å². The van der Waals surface area contributed by atoms with Crippen molar-refractivity contribution in [2.75, 3.05) is 0 Å². The second kappa shape index (κ2) is 5.45. The van der Waals surface area contributed by atoms with Crippen LogP contribution in [0.2, 0.25) is 0 Å². The van der Waals surface area contributed by atoms with Gasteiger partial charge in [-0.15, -0.1) is 0 Å². The zero-order chi connectivity index (χ0) is 12.1. The summed E-state index contributed by atoms with van der Waals surface area (Å²) >= 11 is 0. The molecule has 1 heterocycles. The van der Waals surface area contributed by atoms with Gasteiger partial charge >= 0.3 is 0 Å². The molecule has 5 heteroatoms. The standard InChI is InChI=1S/C12H15N3O2/c1-9(13)5-10-3-2-4-11(6-10)16-7-12-14-8-17-15-12/h2-4,6,8-9H,5,7,13H2,1H3. The van der Waals surface area contributed by atoms with Gasteiger partial charge in [-0.2, -0.15) is 4.98 Å². The van der Waals surface area contributed by atoms with Gasteiger partial charge in [0.15, 0.2) is 6.61 Å². The van der Waals surface area contributed by atoms with Crippen molar-refractivity contribution in [3.63, 3.8) is 0 Å². The molecule has 0 aliphatic rings. The van der Waals surface area contributed by atoms with E-state index in [1.54, 1.807) is 0 Å². The minimum absolute atomic E-state index is 0.141. The molecule has 0 amide bonds. The maximum absolute atomic E-state index is 5.75. The van der Waals surface area contributed by atoms with E-state index in [2.05, 4.69) is 14.7 Å². The number of ether oxygens (including phenoxy) is 1. The fourth-order valence-corrected chi connectivity index (χ4v) is 1.54. The summed E-state index contributed by atoms with van der Waals surface area (Å²) in [6, 6.07) is 7.99. The lowest BCUT2D eigenvalue weighted by molar-refractivity contribution is 0.286. The minimum Gasteiger partial charge on any atom is -0.485 e. The average Bonchev–Trinajstić information content (AvgIpc) is 2.79. The van der Waals surface area contributed by atoms with Gasteiger partial charge < -0.3 is 15.0 Å². The Hall–Kier alpha value is -1.88. The van der Waals surface area contributed by atoms with E-state index >= 15 is 0 Å². The molecule has 90 valence electrons. The topological polar surface area (TPSA) is 74.2 Å². The molecule has 0 saturated heterocycles. The van der Waals surface area contributed by atoms with Gasteiger partial charge in [-0.1, -0.05) is 17.3 Å². The molecule has 17 heavy (non-hydrogen) atoms. The lowest BCUT2D eigenvalue weighted by Crippen LogP contribution is -2.17. The average molecular weight is 233 g/mol. The van der Waals surface area contributed by atoms with Crippen molar-refractivity contribution in [2.45, 2.75) is 26.0 Å². The second-order valence-electron chi connectivity index (χ2n) is 3.96. The van der Waals surface area contributed by atoms with Gasteiger partial charge in [0.2, 0.25) is 12.2 Å². The van der Waals surface area contributed by atoms with Crippen LogP contribution in [0.3, 0.4) is 0 Å². The summed E-state index contributed by atoms with van der Waals surface area (Å²) in [6.07, 6.45) is 2.12. The number of nitrogens with two attached hydrogens (primary N) is 1. The molecule has 1 aromatic heterocycles. The number of rotatable bonds is 5. The lowest BCUT2D eigenvalue weighted by atomic mass is 10.1. The molecule has 0 bridgehead atoms. The summed E-state index contributed by atoms with van der Waals surface area (Å²) in [6.45, 7) is 2.28. The summed E-state index contributed by atoms with van der Waals surface area (Å²) in [4.78, 5) is 3.88. The van der Waals surface area contributed by atoms with E-state index in [0.29, 0.717) is 12.4 Å². The van der Waals surface area contributed by atoms with E-state index in [4.69, 9.17) is 10.5 Å². The summed E-state index contributed by atoms with van der Waals surface area (Å²) in [7, 11) is 0. The second-order valence-corrected chi connectivity index (χ2v) is 3.96. The molecule has 0 saturated carbocycles. The molecule has 0 aliphatic carbocycles. The zero-order valence-electron chi connectivity index (χ0n) is 9.67. The van der Waals surface area contributed by atoms with E-state index in [0.717, 1.165) is 17.7 Å². The van der Waals surface area contributed by atoms with E-state index < -0.39 is 0 Å². The van der Waals surface area contributed by atoms with Crippen LogP contribution < -0.4 is 10.5 Å². The van der Waals surface area contributed by atoms with Crippen LogP contribution >= 0.6 is 0 Å². The van der Waals surface area contributed by atoms with E-state index in [-0.39, 0.29) is 6.04 Å². The Morgan fingerprint density at radius 1 is 1.47 bits per heavy atom. The molecule has 0 radical (unpaired) electrons. The maximum atomic E-state index is 5.75. The molecule has 1 aromatic carbocycles. The number of aromatic nitrogens is 2. The fourth-order valence-electron chi connectivity index (χ4n) is 1.54. The Morgan fingerprint density at radius 3 is 3.06 bits per heavy atom. The first-order chi connectivity index (χ1) is 8.24. The molecule has 0 aliphatic heterocycles. The third kappa shape index (κ3) is 3.57. The van der Waals surface area contributed by atoms with Crippen LogP contribution in [-0.2, 0) is 13.0 Å². The highest BCUT2D eigenvalue weighted by atomic mass is 16.5. The Balaban J connectivity index is 1.96. The van der Waals surface area contributed by atoms with Gasteiger partial charge in [0.1, 0.15) is 5.75 Å². The van der Waals surface area contributed by atoms with Crippen molar-refractivity contribution in [2.24, 2.45) is 5.73 Å². The van der Waals surface area contributed by atoms with Crippen molar-refractivity contribution in [1.29, 1.82) is 0 Å². The van der Waals surface area contributed by atoms with Crippen LogP contribution in [0.4, 0.5) is 0 Å². The number of hydrogen-bond donors (Lipinski definition) is 1. The summed E-state index contributed by atoms with van der Waals surface area (Å²) < 4.78 is 10.2. The predicted octanol–water partition coefficient (Wildman–Crippen LogP) is 1.54. The Morgan fingerprint density at radius 2 is 2.35 bits per heavy atom. The van der Waals surface area contributed by atoms with Crippen molar-refractivity contribution in [1.82, 2.24) is 10.1 Å². The molecule has 0 fully saturated rings. The summed E-state index contributed by atoms with van der Waals surface area (Å²) in [5, 5.41) is 3.67. The number of hydrogen-bond acceptors (Lipinski definition) is 5. The van der Waals surface area contributed by atoms with Gasteiger partial charge in [0.25, 0.3) is 0 Å². The molecular weight excluding hydrogens is 218 g/mol. The Bertz CT molecular complexity index is 455. The van der Waals surface area contributed by atoms with Crippen molar-refractivity contribution < 1.29 is 9.26 Å². The van der Waals surface area contributed by atoms with Crippen LogP contribution in [0.1, 0.15) is 18.3 Å². The van der Waals surface area contributed by atoms with E-state index in [1.165, 1.54) is 6.39 Å². The summed E-state index contributed by atoms with van der Waals surface area (Å²) in [5.74, 6) is 1.32. The van der Waals surface area contributed by atoms with Crippen molar-refractivity contribution in [3.8, 4) is 5.75 Å². The van der Waals surface area contributed by atoms with Gasteiger partial charge in [-0.3, -0.25) is 0 Å². The number of nitrogens with zero attached hydrogens (tertiary/aromatic N) is 2. The molecule has 0 spiro atoms. The highest BCUT2D eigenvalue weighted by Crippen LogP contribution is 2.15. The molecule has 5 nitrogen and oxygen atoms in total. The minimum atomic E-state index is 0.141. The quantitative estimate of drug-likeness (QED) is 0.847. The normalized spacial score (nSPS) is 12.4. The molecular formula is C12H15N3O2. The Labute approximate surface area is 99.6 Å². The van der Waals surface area contributed by atoms with Crippen LogP contribution in [0, 0.1) is 0 Å². The van der Waals surface area contributed by atoms with Crippen molar-refractivity contribution in [3.05, 3.63) is 42.0 Å². The predicted molar refractivity (Wildman–Crippen MR) is 62.4 cm³/mol. The van der Waals surface area contributed by atoms with Crippen LogP contribution in [0.25, 0.3) is 0 Å². The zero-order valence-corrected chi connectivity index (χ0v) is 9.67. The van der Waals surface area contributed by atoms with Gasteiger partial charge in [-0.25, -0.2) is 0 Å². The van der Waals surface area contributed by atoms with E-state index in [1.807, 2.05) is 31.2 Å². The fraction of sp³-hybridized carbons (Fsp3) is 0.333. The third-order valence-electron chi connectivity index (χ3n) is 2.23. The molecule has 2 aromatic rings. The first-order valence-corrected chi connectivity index (χ1v) is 5.46. The molecule has 2 N–H and O–H groups in total. The lowest BCUT2D eigenvalue weighted by Gasteiger charge is -2.08. The summed E-state index contributed by atoms with van der Waals surface area (Å²) in [5.41, 5.74) is 6.91. The van der Waals surface area contributed by atoms with Crippen molar-refractivity contribution >= 4 is 0 Å². The third-order valence-corrected chi connectivity index (χ3v) is 2.23. The van der Waals surface area contributed by atoms with Crippen LogP contribution in [0.5, 0.6) is 5.75 Å². The first kappa shape index (κ1) is 11.6. The van der Waals surface area contributed by atoms with E-state index in [9.17, 15) is 0 Å². The number of benzene rings is 1. The monoisotopic (exact) mass is 233 g/mol. The van der Waals surface area contributed by atoms with Crippen LogP contribution in [0.15, 0.2) is 35.2 Å².